The zero-order chi connectivity index (χ0) is 16.1. The Labute approximate surface area is 137 Å². The zero-order valence-corrected chi connectivity index (χ0v) is 13.4. The first kappa shape index (κ1) is 15.0. The predicted octanol–water partition coefficient (Wildman–Crippen LogP) is 3.03. The molecule has 1 aromatic rings. The molecular weight excluding hydrogens is 321 g/mol. The van der Waals surface area contributed by atoms with Crippen molar-refractivity contribution in [3.63, 3.8) is 0 Å². The van der Waals surface area contributed by atoms with E-state index in [2.05, 4.69) is 0 Å². The number of allylic oxidation sites excluding steroid dienone is 1. The second-order valence-electron chi connectivity index (χ2n) is 5.83. The van der Waals surface area contributed by atoms with Crippen LogP contribution in [-0.2, 0) is 15.9 Å². The van der Waals surface area contributed by atoms with Crippen LogP contribution in [-0.4, -0.2) is 40.3 Å². The number of nitrogens with zero attached hydrogens (tertiary/aromatic N) is 1. The number of fused-ring (bicyclic) bond motifs is 1. The lowest BCUT2D eigenvalue weighted by molar-refractivity contribution is -0.0457. The molecule has 0 aromatic heterocycles. The highest BCUT2D eigenvalue weighted by atomic mass is 32.2. The molecule has 2 heterocycles. The van der Waals surface area contributed by atoms with Crippen LogP contribution in [0.25, 0.3) is 5.70 Å². The summed E-state index contributed by atoms with van der Waals surface area (Å²) in [5, 5.41) is 10.3. The first-order chi connectivity index (χ1) is 11.1. The fraction of sp³-hybridized carbons (Fsp3) is 0.438. The van der Waals surface area contributed by atoms with Gasteiger partial charge in [0.15, 0.2) is 17.9 Å². The molecule has 0 bridgehead atoms. The van der Waals surface area contributed by atoms with E-state index in [1.807, 2.05) is 13.0 Å². The summed E-state index contributed by atoms with van der Waals surface area (Å²) >= 11 is 1.28. The minimum atomic E-state index is -0.765. The van der Waals surface area contributed by atoms with Gasteiger partial charge >= 0.3 is 0 Å². The Morgan fingerprint density at radius 3 is 2.78 bits per heavy atom. The molecule has 4 rings (SSSR count). The molecule has 0 saturated carbocycles. The number of carbonyl (C=O) groups is 1. The molecule has 23 heavy (non-hydrogen) atoms. The number of hydrogen-bond donors (Lipinski definition) is 1. The molecule has 1 amide bonds. The molecule has 0 radical (unpaired) electrons. The summed E-state index contributed by atoms with van der Waals surface area (Å²) < 4.78 is 25.3. The van der Waals surface area contributed by atoms with Gasteiger partial charge in [0.05, 0.1) is 18.8 Å². The van der Waals surface area contributed by atoms with Gasteiger partial charge in [-0.25, -0.2) is 4.39 Å². The number of halogens is 1. The van der Waals surface area contributed by atoms with Crippen LogP contribution in [0.4, 0.5) is 9.18 Å². The Kier molecular flexibility index (Phi) is 3.59. The van der Waals surface area contributed by atoms with Crippen molar-refractivity contribution in [2.45, 2.75) is 24.9 Å². The van der Waals surface area contributed by atoms with Crippen LogP contribution >= 0.6 is 11.8 Å². The molecular formula is C16H16FNO4S. The predicted molar refractivity (Wildman–Crippen MR) is 83.5 cm³/mol. The third-order valence-electron chi connectivity index (χ3n) is 4.28. The maximum atomic E-state index is 14.5. The number of carbonyl (C=O) groups excluding carboxylic acids is 1. The van der Waals surface area contributed by atoms with E-state index < -0.39 is 17.9 Å². The van der Waals surface area contributed by atoms with Crippen LogP contribution in [0, 0.1) is 5.82 Å². The molecule has 2 saturated heterocycles. The van der Waals surface area contributed by atoms with Crippen LogP contribution in [0.3, 0.4) is 0 Å². The van der Waals surface area contributed by atoms with Gasteiger partial charge in [-0.15, -0.1) is 0 Å². The second-order valence-corrected chi connectivity index (χ2v) is 7.22. The minimum Gasteiger partial charge on any atom is -0.504 e. The first-order valence-corrected chi connectivity index (χ1v) is 8.40. The van der Waals surface area contributed by atoms with Gasteiger partial charge < -0.3 is 19.5 Å². The Balaban J connectivity index is 1.76. The molecule has 2 fully saturated rings. The molecule has 122 valence electrons. The fourth-order valence-electron chi connectivity index (χ4n) is 3.21. The number of amides is 1. The van der Waals surface area contributed by atoms with Crippen LogP contribution in [0.15, 0.2) is 12.1 Å². The number of phenols is 1. The van der Waals surface area contributed by atoms with E-state index in [1.54, 1.807) is 11.0 Å². The Morgan fingerprint density at radius 2 is 2.13 bits per heavy atom. The van der Waals surface area contributed by atoms with E-state index >= 15 is 0 Å². The number of thioether (sulfide) groups is 1. The van der Waals surface area contributed by atoms with Gasteiger partial charge in [0.2, 0.25) is 0 Å². The molecule has 1 aromatic carbocycles. The zero-order valence-electron chi connectivity index (χ0n) is 12.5. The summed E-state index contributed by atoms with van der Waals surface area (Å²) in [5.74, 6) is -1.09. The minimum absolute atomic E-state index is 0.0278. The molecule has 1 atom stereocenters. The molecule has 5 nitrogen and oxygen atoms in total. The Bertz CT molecular complexity index is 715. The topological polar surface area (TPSA) is 59.0 Å². The van der Waals surface area contributed by atoms with Crippen molar-refractivity contribution in [3.05, 3.63) is 34.6 Å². The number of benzene rings is 1. The van der Waals surface area contributed by atoms with Crippen LogP contribution in [0.5, 0.6) is 5.75 Å². The third kappa shape index (κ3) is 2.34. The highest BCUT2D eigenvalue weighted by molar-refractivity contribution is 8.14. The van der Waals surface area contributed by atoms with Crippen molar-refractivity contribution in [1.82, 2.24) is 4.90 Å². The molecule has 7 heteroatoms. The summed E-state index contributed by atoms with van der Waals surface area (Å²) in [5.41, 5.74) is 2.04. The average Bonchev–Trinajstić information content (AvgIpc) is 3.22. The summed E-state index contributed by atoms with van der Waals surface area (Å²) in [6.45, 7) is 3.40. The number of aromatic hydroxyl groups is 1. The fourth-order valence-corrected chi connectivity index (χ4v) is 4.08. The highest BCUT2D eigenvalue weighted by Crippen LogP contribution is 2.43. The molecule has 2 aliphatic heterocycles. The normalized spacial score (nSPS) is 24.4. The largest absolute Gasteiger partial charge is 0.504 e. The van der Waals surface area contributed by atoms with Crippen molar-refractivity contribution >= 4 is 22.7 Å². The quantitative estimate of drug-likeness (QED) is 0.899. The van der Waals surface area contributed by atoms with Gasteiger partial charge in [0.25, 0.3) is 5.24 Å². The summed E-state index contributed by atoms with van der Waals surface area (Å²) in [4.78, 5) is 13.8. The SMILES string of the molecule is C[C@@H]1CN(C2=CCc3c2cc(C2OCCO2)c(O)c3F)C(=O)S1. The standard InChI is InChI=1S/C16H16FNO4S/c1-8-7-18(16(20)23-8)12-3-2-9-10(12)6-11(14(19)13(9)17)15-21-4-5-22-15/h3,6,8,15,19H,2,4-5,7H2,1H3/t8-/m1/s1. The van der Waals surface area contributed by atoms with Crippen molar-refractivity contribution in [2.75, 3.05) is 19.8 Å². The van der Waals surface area contributed by atoms with Crippen LogP contribution in [0.1, 0.15) is 29.9 Å². The van der Waals surface area contributed by atoms with E-state index in [-0.39, 0.29) is 16.1 Å². The van der Waals surface area contributed by atoms with Crippen molar-refractivity contribution in [3.8, 4) is 5.75 Å². The lowest BCUT2D eigenvalue weighted by atomic mass is 10.0. The van der Waals surface area contributed by atoms with Crippen molar-refractivity contribution in [2.24, 2.45) is 0 Å². The van der Waals surface area contributed by atoms with E-state index in [1.165, 1.54) is 11.8 Å². The maximum absolute atomic E-state index is 14.5. The monoisotopic (exact) mass is 337 g/mol. The first-order valence-electron chi connectivity index (χ1n) is 7.52. The second kappa shape index (κ2) is 5.51. The molecule has 0 spiro atoms. The number of rotatable bonds is 2. The van der Waals surface area contributed by atoms with Gasteiger partial charge in [0.1, 0.15) is 0 Å². The molecule has 1 aliphatic carbocycles. The Morgan fingerprint density at radius 1 is 1.39 bits per heavy atom. The summed E-state index contributed by atoms with van der Waals surface area (Å²) in [7, 11) is 0. The molecule has 1 N–H and O–H groups in total. The van der Waals surface area contributed by atoms with Crippen molar-refractivity contribution in [1.29, 1.82) is 0 Å². The number of ether oxygens (including phenoxy) is 2. The lowest BCUT2D eigenvalue weighted by Crippen LogP contribution is -2.22. The number of hydrogen-bond acceptors (Lipinski definition) is 5. The van der Waals surface area contributed by atoms with Crippen molar-refractivity contribution < 1.29 is 23.8 Å². The van der Waals surface area contributed by atoms with E-state index in [9.17, 15) is 14.3 Å². The molecule has 0 unspecified atom stereocenters. The van der Waals surface area contributed by atoms with Gasteiger partial charge in [-0.2, -0.15) is 0 Å². The Hall–Kier alpha value is -1.57. The highest BCUT2D eigenvalue weighted by Gasteiger charge is 2.35. The third-order valence-corrected chi connectivity index (χ3v) is 5.25. The van der Waals surface area contributed by atoms with E-state index in [4.69, 9.17) is 9.47 Å². The van der Waals surface area contributed by atoms with Gasteiger partial charge in [-0.1, -0.05) is 24.8 Å². The van der Waals surface area contributed by atoms with Crippen LogP contribution < -0.4 is 0 Å². The van der Waals surface area contributed by atoms with E-state index in [0.29, 0.717) is 43.0 Å². The van der Waals surface area contributed by atoms with Gasteiger partial charge in [-0.3, -0.25) is 4.79 Å². The van der Waals surface area contributed by atoms with Gasteiger partial charge in [-0.05, 0) is 12.5 Å². The summed E-state index contributed by atoms with van der Waals surface area (Å²) in [6.07, 6.45) is 1.43. The average molecular weight is 337 g/mol. The maximum Gasteiger partial charge on any atom is 0.286 e. The summed E-state index contributed by atoms with van der Waals surface area (Å²) in [6, 6.07) is 1.68. The van der Waals surface area contributed by atoms with Crippen LogP contribution in [0.2, 0.25) is 0 Å². The lowest BCUT2D eigenvalue weighted by Gasteiger charge is -2.20. The smallest absolute Gasteiger partial charge is 0.286 e. The number of phenolic OH excluding ortho intramolecular Hbond substituents is 1. The van der Waals surface area contributed by atoms with E-state index in [0.717, 1.165) is 0 Å². The molecule has 3 aliphatic rings. The van der Waals surface area contributed by atoms with Gasteiger partial charge in [0, 0.05) is 28.6 Å².